The van der Waals surface area contributed by atoms with Crippen molar-refractivity contribution in [3.8, 4) is 0 Å². The van der Waals surface area contributed by atoms with Crippen LogP contribution < -0.4 is 0 Å². The van der Waals surface area contributed by atoms with Crippen molar-refractivity contribution in [2.24, 2.45) is 0 Å². The Morgan fingerprint density at radius 3 is 2.04 bits per heavy atom. The fourth-order valence-corrected chi connectivity index (χ4v) is 3.69. The average Bonchev–Trinajstić information content (AvgIpc) is 2.70. The van der Waals surface area contributed by atoms with Gasteiger partial charge in [0.05, 0.1) is 0 Å². The second kappa shape index (κ2) is 9.91. The van der Waals surface area contributed by atoms with Crippen LogP contribution in [0.4, 0.5) is 0 Å². The van der Waals surface area contributed by atoms with E-state index in [2.05, 4.69) is 54.6 Å². The lowest BCUT2D eigenvalue weighted by Crippen LogP contribution is -1.95. The summed E-state index contributed by atoms with van der Waals surface area (Å²) in [6.45, 7) is 0. The lowest BCUT2D eigenvalue weighted by atomic mass is 9.96. The molecule has 0 radical (unpaired) electrons. The smallest absolute Gasteiger partial charge is 0.150 e. The molecular weight excluding hydrogens is 316 g/mol. The second-order valence-electron chi connectivity index (χ2n) is 7.08. The third-order valence-corrected chi connectivity index (χ3v) is 5.18. The molecule has 0 saturated carbocycles. The summed E-state index contributed by atoms with van der Waals surface area (Å²) < 4.78 is 0. The minimum atomic E-state index is 0.881. The maximum absolute atomic E-state index is 11.6. The van der Waals surface area contributed by atoms with E-state index in [1.54, 1.807) is 0 Å². The molecule has 0 bridgehead atoms. The number of carbonyl (C=O) groups is 1. The van der Waals surface area contributed by atoms with Gasteiger partial charge in [-0.1, -0.05) is 92.4 Å². The van der Waals surface area contributed by atoms with Crippen LogP contribution >= 0.6 is 0 Å². The lowest BCUT2D eigenvalue weighted by Gasteiger charge is -2.08. The fraction of sp³-hybridized carbons (Fsp3) is 0.320. The number of unbranched alkanes of at least 4 members (excludes halogenated alkanes) is 5. The topological polar surface area (TPSA) is 17.1 Å². The molecule has 0 atom stereocenters. The van der Waals surface area contributed by atoms with Crippen molar-refractivity contribution in [3.63, 3.8) is 0 Å². The molecule has 0 aromatic heterocycles. The van der Waals surface area contributed by atoms with E-state index in [-0.39, 0.29) is 0 Å². The molecule has 0 aliphatic heterocycles. The van der Waals surface area contributed by atoms with E-state index < -0.39 is 0 Å². The molecule has 134 valence electrons. The third-order valence-electron chi connectivity index (χ3n) is 5.18. The zero-order chi connectivity index (χ0) is 18.0. The molecule has 0 heterocycles. The Morgan fingerprint density at radius 2 is 1.27 bits per heavy atom. The maximum atomic E-state index is 11.6. The molecule has 3 aromatic carbocycles. The first-order valence-electron chi connectivity index (χ1n) is 9.88. The molecule has 26 heavy (non-hydrogen) atoms. The molecular formula is C25H28O. The van der Waals surface area contributed by atoms with Crippen molar-refractivity contribution < 1.29 is 4.79 Å². The molecule has 0 N–H and O–H groups in total. The van der Waals surface area contributed by atoms with Crippen LogP contribution in [0.3, 0.4) is 0 Å². The number of aldehydes is 1. The highest BCUT2D eigenvalue weighted by atomic mass is 16.1. The van der Waals surface area contributed by atoms with Crippen LogP contribution in [0.25, 0.3) is 10.8 Å². The number of benzene rings is 3. The van der Waals surface area contributed by atoms with Crippen molar-refractivity contribution in [1.29, 1.82) is 0 Å². The summed E-state index contributed by atoms with van der Waals surface area (Å²) in [4.78, 5) is 11.6. The number of hydrogen-bond donors (Lipinski definition) is 0. The van der Waals surface area contributed by atoms with Crippen LogP contribution in [0, 0.1) is 0 Å². The Bertz CT molecular complexity index is 820. The van der Waals surface area contributed by atoms with Gasteiger partial charge >= 0.3 is 0 Å². The molecule has 3 rings (SSSR count). The summed E-state index contributed by atoms with van der Waals surface area (Å²) in [5.74, 6) is 0. The summed E-state index contributed by atoms with van der Waals surface area (Å²) in [5.41, 5.74) is 3.53. The van der Waals surface area contributed by atoms with Gasteiger partial charge in [0.1, 0.15) is 0 Å². The van der Waals surface area contributed by atoms with Crippen LogP contribution in [-0.2, 0) is 12.8 Å². The average molecular weight is 344 g/mol. The van der Waals surface area contributed by atoms with Crippen LogP contribution in [0.1, 0.15) is 60.0 Å². The molecule has 0 fully saturated rings. The molecule has 1 heteroatoms. The Hall–Kier alpha value is -2.41. The van der Waals surface area contributed by atoms with Crippen molar-refractivity contribution >= 4 is 17.1 Å². The number of hydrogen-bond acceptors (Lipinski definition) is 1. The predicted molar refractivity (Wildman–Crippen MR) is 111 cm³/mol. The van der Waals surface area contributed by atoms with Gasteiger partial charge in [-0.3, -0.25) is 4.79 Å². The standard InChI is InChI=1S/C25H28O/c26-20-25-23(19-18-22-16-10-11-17-24(22)25)15-9-4-2-1-3-6-12-21-13-7-5-8-14-21/h5,7-8,10-11,13-14,16-20H,1-4,6,9,12,15H2. The van der Waals surface area contributed by atoms with Crippen LogP contribution in [0.5, 0.6) is 0 Å². The van der Waals surface area contributed by atoms with E-state index in [1.165, 1.54) is 49.7 Å². The van der Waals surface area contributed by atoms with Crippen molar-refractivity contribution in [2.45, 2.75) is 51.4 Å². The SMILES string of the molecule is O=Cc1c(CCCCCCCCc2ccccc2)ccc2ccccc12. The number of carbonyl (C=O) groups excluding carboxylic acids is 1. The van der Waals surface area contributed by atoms with Gasteiger partial charge in [0.25, 0.3) is 0 Å². The van der Waals surface area contributed by atoms with Gasteiger partial charge in [0, 0.05) is 5.56 Å². The Morgan fingerprint density at radius 1 is 0.615 bits per heavy atom. The zero-order valence-electron chi connectivity index (χ0n) is 15.5. The minimum Gasteiger partial charge on any atom is -0.298 e. The van der Waals surface area contributed by atoms with Crippen LogP contribution in [-0.4, -0.2) is 6.29 Å². The monoisotopic (exact) mass is 344 g/mol. The van der Waals surface area contributed by atoms with Gasteiger partial charge in [-0.2, -0.15) is 0 Å². The highest BCUT2D eigenvalue weighted by Crippen LogP contribution is 2.23. The minimum absolute atomic E-state index is 0.881. The van der Waals surface area contributed by atoms with Gasteiger partial charge in [-0.15, -0.1) is 0 Å². The summed E-state index contributed by atoms with van der Waals surface area (Å²) in [6.07, 6.45) is 10.8. The fourth-order valence-electron chi connectivity index (χ4n) is 3.69. The molecule has 0 unspecified atom stereocenters. The van der Waals surface area contributed by atoms with Crippen LogP contribution in [0.2, 0.25) is 0 Å². The molecule has 0 amide bonds. The first kappa shape index (κ1) is 18.4. The van der Waals surface area contributed by atoms with Gasteiger partial charge in [0.2, 0.25) is 0 Å². The first-order valence-corrected chi connectivity index (χ1v) is 9.88. The predicted octanol–water partition coefficient (Wildman–Crippen LogP) is 6.78. The highest BCUT2D eigenvalue weighted by molar-refractivity contribution is 5.99. The quantitative estimate of drug-likeness (QED) is 0.293. The summed E-state index contributed by atoms with van der Waals surface area (Å²) in [6, 6.07) is 23.2. The molecule has 1 nitrogen and oxygen atoms in total. The van der Waals surface area contributed by atoms with E-state index in [0.29, 0.717) is 0 Å². The molecule has 0 aliphatic carbocycles. The third kappa shape index (κ3) is 5.05. The van der Waals surface area contributed by atoms with E-state index in [9.17, 15) is 4.79 Å². The van der Waals surface area contributed by atoms with E-state index in [0.717, 1.165) is 35.5 Å². The Kier molecular flexibility index (Phi) is 7.01. The van der Waals surface area contributed by atoms with Gasteiger partial charge in [-0.05, 0) is 47.6 Å². The Balaban J connectivity index is 1.37. The van der Waals surface area contributed by atoms with Crippen molar-refractivity contribution in [1.82, 2.24) is 0 Å². The van der Waals surface area contributed by atoms with Gasteiger partial charge < -0.3 is 0 Å². The summed E-state index contributed by atoms with van der Waals surface area (Å²) in [5, 5.41) is 2.23. The number of aryl methyl sites for hydroxylation is 2. The van der Waals surface area contributed by atoms with E-state index in [1.807, 2.05) is 12.1 Å². The largest absolute Gasteiger partial charge is 0.298 e. The van der Waals surface area contributed by atoms with Gasteiger partial charge in [-0.25, -0.2) is 0 Å². The number of fused-ring (bicyclic) bond motifs is 1. The maximum Gasteiger partial charge on any atom is 0.150 e. The van der Waals surface area contributed by atoms with Gasteiger partial charge in [0.15, 0.2) is 6.29 Å². The molecule has 3 aromatic rings. The van der Waals surface area contributed by atoms with Crippen LogP contribution in [0.15, 0.2) is 66.7 Å². The first-order chi connectivity index (χ1) is 12.9. The Labute approximate surface area is 157 Å². The highest BCUT2D eigenvalue weighted by Gasteiger charge is 2.06. The van der Waals surface area contributed by atoms with E-state index in [4.69, 9.17) is 0 Å². The summed E-state index contributed by atoms with van der Waals surface area (Å²) in [7, 11) is 0. The second-order valence-corrected chi connectivity index (χ2v) is 7.08. The normalized spacial score (nSPS) is 10.9. The lowest BCUT2D eigenvalue weighted by molar-refractivity contribution is 0.112. The molecule has 0 aliphatic rings. The zero-order valence-corrected chi connectivity index (χ0v) is 15.5. The molecule has 0 saturated heterocycles. The van der Waals surface area contributed by atoms with Crippen molar-refractivity contribution in [2.75, 3.05) is 0 Å². The number of rotatable bonds is 10. The van der Waals surface area contributed by atoms with E-state index >= 15 is 0 Å². The molecule has 0 spiro atoms. The van der Waals surface area contributed by atoms with Crippen molar-refractivity contribution in [3.05, 3.63) is 83.4 Å². The summed E-state index contributed by atoms with van der Waals surface area (Å²) >= 11 is 0.